The summed E-state index contributed by atoms with van der Waals surface area (Å²) < 4.78 is 0. The van der Waals surface area contributed by atoms with Crippen LogP contribution in [0, 0.1) is 5.92 Å². The Morgan fingerprint density at radius 1 is 1.20 bits per heavy atom. The maximum Gasteiger partial charge on any atom is 0.220 e. The van der Waals surface area contributed by atoms with Gasteiger partial charge in [-0.1, -0.05) is 19.3 Å². The third kappa shape index (κ3) is 6.03. The largest absolute Gasteiger partial charge is 0.356 e. The Morgan fingerprint density at radius 3 is 2.53 bits per heavy atom. The summed E-state index contributed by atoms with van der Waals surface area (Å²) in [5.74, 6) is 1.69. The lowest BCUT2D eigenvalue weighted by molar-refractivity contribution is -0.122. The molecule has 0 aromatic heterocycles. The summed E-state index contributed by atoms with van der Waals surface area (Å²) in [6.07, 6.45) is 9.12. The number of carbonyl (C=O) groups is 1. The van der Waals surface area contributed by atoms with E-state index in [4.69, 9.17) is 11.6 Å². The van der Waals surface area contributed by atoms with Crippen LogP contribution in [0.15, 0.2) is 0 Å². The summed E-state index contributed by atoms with van der Waals surface area (Å²) in [5.41, 5.74) is 0. The molecule has 0 aromatic rings. The van der Waals surface area contributed by atoms with Gasteiger partial charge in [-0.05, 0) is 31.6 Å². The molecule has 15 heavy (non-hydrogen) atoms. The molecule has 1 N–H and O–H groups in total. The molecule has 0 unspecified atom stereocenters. The van der Waals surface area contributed by atoms with Gasteiger partial charge >= 0.3 is 0 Å². The topological polar surface area (TPSA) is 29.1 Å². The van der Waals surface area contributed by atoms with Gasteiger partial charge in [0.15, 0.2) is 0 Å². The number of hydrogen-bond acceptors (Lipinski definition) is 1. The van der Waals surface area contributed by atoms with Crippen molar-refractivity contribution in [2.45, 2.75) is 51.4 Å². The molecule has 0 radical (unpaired) electrons. The first-order valence-corrected chi connectivity index (χ1v) is 6.69. The van der Waals surface area contributed by atoms with Gasteiger partial charge in [0.2, 0.25) is 5.91 Å². The number of nitrogens with one attached hydrogen (secondary N) is 1. The molecule has 88 valence electrons. The third-order valence-electron chi connectivity index (χ3n) is 3.08. The number of unbranched alkanes of at least 4 members (excludes halogenated alkanes) is 3. The van der Waals surface area contributed by atoms with Gasteiger partial charge in [0.1, 0.15) is 0 Å². The van der Waals surface area contributed by atoms with E-state index in [-0.39, 0.29) is 5.91 Å². The van der Waals surface area contributed by atoms with E-state index in [0.29, 0.717) is 5.92 Å². The minimum Gasteiger partial charge on any atom is -0.356 e. The predicted octanol–water partition coefficient (Wildman–Crippen LogP) is 3.09. The quantitative estimate of drug-likeness (QED) is 0.505. The molecule has 0 aromatic carbocycles. The summed E-state index contributed by atoms with van der Waals surface area (Å²) in [4.78, 5) is 11.4. The fourth-order valence-electron chi connectivity index (χ4n) is 1.83. The van der Waals surface area contributed by atoms with E-state index in [1.165, 1.54) is 32.1 Å². The monoisotopic (exact) mass is 231 g/mol. The van der Waals surface area contributed by atoms with Crippen molar-refractivity contribution in [1.82, 2.24) is 5.32 Å². The molecule has 2 nitrogen and oxygen atoms in total. The third-order valence-corrected chi connectivity index (χ3v) is 3.35. The number of alkyl halides is 1. The van der Waals surface area contributed by atoms with Gasteiger partial charge in [0.25, 0.3) is 0 Å². The Kier molecular flexibility index (Phi) is 6.82. The lowest BCUT2D eigenvalue weighted by atomic mass is 9.83. The molecular formula is C12H22ClNO. The van der Waals surface area contributed by atoms with Crippen LogP contribution in [-0.2, 0) is 4.79 Å². The lowest BCUT2D eigenvalue weighted by Gasteiger charge is -2.24. The zero-order valence-corrected chi connectivity index (χ0v) is 10.2. The first-order chi connectivity index (χ1) is 7.33. The molecule has 0 saturated heterocycles. The minimum absolute atomic E-state index is 0.247. The summed E-state index contributed by atoms with van der Waals surface area (Å²) in [6.45, 7) is 0.841. The van der Waals surface area contributed by atoms with Crippen molar-refractivity contribution >= 4 is 17.5 Å². The van der Waals surface area contributed by atoms with Crippen molar-refractivity contribution in [2.75, 3.05) is 12.4 Å². The van der Waals surface area contributed by atoms with Gasteiger partial charge in [-0.2, -0.15) is 0 Å². The van der Waals surface area contributed by atoms with Crippen molar-refractivity contribution in [1.29, 1.82) is 0 Å². The molecule has 0 heterocycles. The van der Waals surface area contributed by atoms with Crippen LogP contribution < -0.4 is 5.32 Å². The first kappa shape index (κ1) is 12.8. The van der Waals surface area contributed by atoms with Crippen LogP contribution >= 0.6 is 11.6 Å². The van der Waals surface area contributed by atoms with Crippen molar-refractivity contribution in [3.63, 3.8) is 0 Å². The van der Waals surface area contributed by atoms with Gasteiger partial charge in [0.05, 0.1) is 0 Å². The van der Waals surface area contributed by atoms with E-state index in [9.17, 15) is 4.79 Å². The Labute approximate surface area is 97.8 Å². The van der Waals surface area contributed by atoms with Gasteiger partial charge in [0, 0.05) is 18.8 Å². The van der Waals surface area contributed by atoms with Gasteiger partial charge in [-0.3, -0.25) is 4.79 Å². The van der Waals surface area contributed by atoms with Crippen molar-refractivity contribution in [3.05, 3.63) is 0 Å². The Balaban J connectivity index is 1.83. The molecule has 1 aliphatic carbocycles. The average Bonchev–Trinajstić information content (AvgIpc) is 2.17. The van der Waals surface area contributed by atoms with Crippen molar-refractivity contribution in [3.8, 4) is 0 Å². The maximum absolute atomic E-state index is 11.4. The highest BCUT2D eigenvalue weighted by Gasteiger charge is 2.19. The Morgan fingerprint density at radius 2 is 1.93 bits per heavy atom. The Hall–Kier alpha value is -0.240. The van der Waals surface area contributed by atoms with Gasteiger partial charge < -0.3 is 5.32 Å². The summed E-state index contributed by atoms with van der Waals surface area (Å²) in [5, 5.41) is 2.99. The zero-order valence-electron chi connectivity index (χ0n) is 9.43. The number of rotatable bonds is 8. The normalized spacial score (nSPS) is 16.1. The van der Waals surface area contributed by atoms with Crippen molar-refractivity contribution in [2.24, 2.45) is 5.92 Å². The molecule has 3 heteroatoms. The van der Waals surface area contributed by atoms with E-state index in [1.54, 1.807) is 0 Å². The SMILES string of the molecule is O=C(CC1CCC1)NCCCCCCCl. The minimum atomic E-state index is 0.247. The van der Waals surface area contributed by atoms with Gasteiger partial charge in [-0.25, -0.2) is 0 Å². The van der Waals surface area contributed by atoms with Crippen LogP contribution in [-0.4, -0.2) is 18.3 Å². The summed E-state index contributed by atoms with van der Waals surface area (Å²) in [7, 11) is 0. The molecule has 1 amide bonds. The molecule has 0 aliphatic heterocycles. The highest BCUT2D eigenvalue weighted by molar-refractivity contribution is 6.17. The van der Waals surface area contributed by atoms with Gasteiger partial charge in [-0.15, -0.1) is 11.6 Å². The van der Waals surface area contributed by atoms with E-state index in [1.807, 2.05) is 0 Å². The number of carbonyl (C=O) groups excluding carboxylic acids is 1. The highest BCUT2D eigenvalue weighted by atomic mass is 35.5. The van der Waals surface area contributed by atoms with E-state index < -0.39 is 0 Å². The Bertz CT molecular complexity index is 180. The molecule has 1 aliphatic rings. The van der Waals surface area contributed by atoms with E-state index >= 15 is 0 Å². The van der Waals surface area contributed by atoms with Crippen molar-refractivity contribution < 1.29 is 4.79 Å². The van der Waals surface area contributed by atoms with E-state index in [0.717, 1.165) is 31.7 Å². The van der Waals surface area contributed by atoms with Crippen LogP contribution in [0.1, 0.15) is 51.4 Å². The highest BCUT2D eigenvalue weighted by Crippen LogP contribution is 2.28. The lowest BCUT2D eigenvalue weighted by Crippen LogP contribution is -2.28. The molecule has 0 atom stereocenters. The van der Waals surface area contributed by atoms with E-state index in [2.05, 4.69) is 5.32 Å². The average molecular weight is 232 g/mol. The summed E-state index contributed by atoms with van der Waals surface area (Å²) in [6, 6.07) is 0. The first-order valence-electron chi connectivity index (χ1n) is 6.15. The standard InChI is InChI=1S/C12H22ClNO/c13-8-3-1-2-4-9-14-12(15)10-11-6-5-7-11/h11H,1-10H2,(H,14,15). The maximum atomic E-state index is 11.4. The van der Waals surface area contributed by atoms with Crippen LogP contribution in [0.2, 0.25) is 0 Å². The molecule has 1 rings (SSSR count). The second kappa shape index (κ2) is 7.98. The van der Waals surface area contributed by atoms with Crippen LogP contribution in [0.4, 0.5) is 0 Å². The zero-order chi connectivity index (χ0) is 10.9. The fourth-order valence-corrected chi connectivity index (χ4v) is 2.02. The number of amides is 1. The molecule has 0 spiro atoms. The predicted molar refractivity (Wildman–Crippen MR) is 64.2 cm³/mol. The smallest absolute Gasteiger partial charge is 0.220 e. The van der Waals surface area contributed by atoms with Crippen LogP contribution in [0.3, 0.4) is 0 Å². The number of hydrogen-bond donors (Lipinski definition) is 1. The second-order valence-corrected chi connectivity index (χ2v) is 4.83. The number of halogens is 1. The molecule has 1 saturated carbocycles. The second-order valence-electron chi connectivity index (χ2n) is 4.45. The molecule has 1 fully saturated rings. The van der Waals surface area contributed by atoms with Crippen LogP contribution in [0.25, 0.3) is 0 Å². The molecule has 0 bridgehead atoms. The summed E-state index contributed by atoms with van der Waals surface area (Å²) >= 11 is 5.57. The molecular weight excluding hydrogens is 210 g/mol. The fraction of sp³-hybridized carbons (Fsp3) is 0.917. The van der Waals surface area contributed by atoms with Crippen LogP contribution in [0.5, 0.6) is 0 Å².